The van der Waals surface area contributed by atoms with Gasteiger partial charge in [0, 0.05) is 6.42 Å². The Balaban J connectivity index is 3.98. The Morgan fingerprint density at radius 1 is 0.458 bits per heavy atom. The molecule has 0 aliphatic carbocycles. The average molecular weight is 1040 g/mol. The minimum Gasteiger partial charge on any atom is -0.387 e. The monoisotopic (exact) mass is 1040 g/mol. The lowest BCUT2D eigenvalue weighted by Gasteiger charge is -2.25. The molecule has 0 aliphatic rings. The molecule has 3 N–H and O–H groups in total. The third-order valence-electron chi connectivity index (χ3n) is 14.7. The van der Waals surface area contributed by atoms with Crippen molar-refractivity contribution in [2.45, 2.75) is 334 Å². The number of nitrogens with zero attached hydrogens (tertiary/aromatic N) is 1. The second kappa shape index (κ2) is 54.8. The standard InChI is InChI=1S/C63H125N2O6P/c1-6-8-10-12-14-16-18-20-22-24-25-26-27-28-29-30-31-32-33-34-35-36-37-38-39-40-41-43-45-47-49-51-53-55-57-63(67)64-61(60-71-72(68,69)70-59-58-65(3,4)5)62(66)56-54-52-50-48-46-44-42-23-21-19-17-15-13-11-9-7-2/h46,48,54,56,61-62,66H,6-45,47,49-53,55,57-60H2,1-5H3,(H-,64,67,68,69)/p+1/b48-46+,56-54+. The predicted molar refractivity (Wildman–Crippen MR) is 314 cm³/mol. The predicted octanol–water partition coefficient (Wildman–Crippen LogP) is 19.5. The average Bonchev–Trinajstić information content (AvgIpc) is 3.34. The van der Waals surface area contributed by atoms with Gasteiger partial charge < -0.3 is 19.8 Å². The molecule has 3 unspecified atom stereocenters. The van der Waals surface area contributed by atoms with E-state index in [1.54, 1.807) is 6.08 Å². The van der Waals surface area contributed by atoms with Crippen LogP contribution in [0.4, 0.5) is 0 Å². The van der Waals surface area contributed by atoms with E-state index in [1.165, 1.54) is 263 Å². The third kappa shape index (κ3) is 56.7. The number of carbonyl (C=O) groups excluding carboxylic acids is 1. The van der Waals surface area contributed by atoms with Crippen molar-refractivity contribution in [1.82, 2.24) is 5.32 Å². The summed E-state index contributed by atoms with van der Waals surface area (Å²) in [5.41, 5.74) is 0. The molecule has 3 atom stereocenters. The molecule has 72 heavy (non-hydrogen) atoms. The number of nitrogens with one attached hydrogen (secondary N) is 1. The van der Waals surface area contributed by atoms with E-state index in [2.05, 4.69) is 31.3 Å². The number of hydrogen-bond donors (Lipinski definition) is 3. The number of carbonyl (C=O) groups is 1. The first-order valence-corrected chi connectivity index (χ1v) is 33.2. The lowest BCUT2D eigenvalue weighted by Crippen LogP contribution is -2.45. The second-order valence-corrected chi connectivity index (χ2v) is 24.6. The molecule has 0 heterocycles. The SMILES string of the molecule is CCCCCCCCCCCC/C=C/CC/C=C/C(O)C(COP(=O)(O)OCC[N+](C)(C)C)NC(=O)CCCCCCCCCCCCCCCCCCCCCCCCCCCCCCCCCCCC. The van der Waals surface area contributed by atoms with E-state index in [9.17, 15) is 19.4 Å². The van der Waals surface area contributed by atoms with E-state index in [1.807, 2.05) is 27.2 Å². The number of phosphoric acid groups is 1. The number of phosphoric ester groups is 1. The van der Waals surface area contributed by atoms with Gasteiger partial charge in [0.1, 0.15) is 13.2 Å². The van der Waals surface area contributed by atoms with Gasteiger partial charge in [-0.2, -0.15) is 0 Å². The van der Waals surface area contributed by atoms with E-state index < -0.39 is 20.0 Å². The Kier molecular flexibility index (Phi) is 54.0. The van der Waals surface area contributed by atoms with Crippen LogP contribution in [0.3, 0.4) is 0 Å². The zero-order valence-corrected chi connectivity index (χ0v) is 49.8. The Labute approximate surface area is 449 Å². The van der Waals surface area contributed by atoms with Crippen molar-refractivity contribution in [1.29, 1.82) is 0 Å². The van der Waals surface area contributed by atoms with Gasteiger partial charge in [0.15, 0.2) is 0 Å². The van der Waals surface area contributed by atoms with Gasteiger partial charge in [0.05, 0.1) is 39.9 Å². The maximum absolute atomic E-state index is 13.0. The van der Waals surface area contributed by atoms with Gasteiger partial charge >= 0.3 is 7.82 Å². The van der Waals surface area contributed by atoms with Crippen LogP contribution in [0.2, 0.25) is 0 Å². The first-order valence-electron chi connectivity index (χ1n) is 31.7. The second-order valence-electron chi connectivity index (χ2n) is 23.1. The molecule has 0 aromatic carbocycles. The van der Waals surface area contributed by atoms with Crippen molar-refractivity contribution >= 4 is 13.7 Å². The normalized spacial score (nSPS) is 13.9. The summed E-state index contributed by atoms with van der Waals surface area (Å²) in [6, 6.07) is -0.860. The Morgan fingerprint density at radius 3 is 1.11 bits per heavy atom. The molecule has 0 aromatic heterocycles. The Hall–Kier alpha value is -1.02. The smallest absolute Gasteiger partial charge is 0.387 e. The molecule has 0 aliphatic heterocycles. The number of rotatable bonds is 59. The number of aliphatic hydroxyl groups excluding tert-OH is 1. The van der Waals surface area contributed by atoms with Gasteiger partial charge in [-0.15, -0.1) is 0 Å². The molecule has 0 saturated carbocycles. The number of quaternary nitrogens is 1. The lowest BCUT2D eigenvalue weighted by atomic mass is 10.0. The highest BCUT2D eigenvalue weighted by atomic mass is 31.2. The van der Waals surface area contributed by atoms with Crippen molar-refractivity contribution in [3.8, 4) is 0 Å². The number of allylic oxidation sites excluding steroid dienone is 3. The summed E-state index contributed by atoms with van der Waals surface area (Å²) < 4.78 is 23.7. The topological polar surface area (TPSA) is 105 Å². The minimum atomic E-state index is -4.35. The molecule has 0 fully saturated rings. The number of hydrogen-bond acceptors (Lipinski definition) is 5. The fourth-order valence-electron chi connectivity index (χ4n) is 9.71. The Bertz CT molecular complexity index is 1220. The molecule has 428 valence electrons. The molecule has 0 aromatic rings. The fourth-order valence-corrected chi connectivity index (χ4v) is 10.4. The largest absolute Gasteiger partial charge is 0.472 e. The number of likely N-dealkylation sites (N-methyl/N-ethyl adjacent to an activating group) is 1. The van der Waals surface area contributed by atoms with Crippen LogP contribution in [-0.2, 0) is 18.4 Å². The molecule has 9 heteroatoms. The first kappa shape index (κ1) is 71.0. The summed E-state index contributed by atoms with van der Waals surface area (Å²) in [5, 5.41) is 13.9. The zero-order chi connectivity index (χ0) is 52.7. The van der Waals surface area contributed by atoms with Crippen LogP contribution in [0.1, 0.15) is 322 Å². The number of aliphatic hydroxyl groups is 1. The molecule has 0 spiro atoms. The summed E-state index contributed by atoms with van der Waals surface area (Å²) in [7, 11) is 1.57. The third-order valence-corrected chi connectivity index (χ3v) is 15.7. The Morgan fingerprint density at radius 2 is 0.764 bits per heavy atom. The van der Waals surface area contributed by atoms with E-state index >= 15 is 0 Å². The van der Waals surface area contributed by atoms with Crippen LogP contribution in [0, 0.1) is 0 Å². The summed E-state index contributed by atoms with van der Waals surface area (Å²) in [4.78, 5) is 23.3. The van der Waals surface area contributed by atoms with Gasteiger partial charge in [0.25, 0.3) is 0 Å². The van der Waals surface area contributed by atoms with Crippen LogP contribution in [-0.4, -0.2) is 73.4 Å². The highest BCUT2D eigenvalue weighted by molar-refractivity contribution is 7.47. The highest BCUT2D eigenvalue weighted by Crippen LogP contribution is 2.43. The maximum Gasteiger partial charge on any atom is 0.472 e. The summed E-state index contributed by atoms with van der Waals surface area (Å²) in [6.45, 7) is 4.84. The van der Waals surface area contributed by atoms with E-state index in [4.69, 9.17) is 9.05 Å². The zero-order valence-electron chi connectivity index (χ0n) is 48.9. The van der Waals surface area contributed by atoms with Crippen LogP contribution >= 0.6 is 7.82 Å². The maximum atomic E-state index is 13.0. The van der Waals surface area contributed by atoms with Crippen molar-refractivity contribution in [3.05, 3.63) is 24.3 Å². The summed E-state index contributed by atoms with van der Waals surface area (Å²) >= 11 is 0. The molecule has 0 rings (SSSR count). The lowest BCUT2D eigenvalue weighted by molar-refractivity contribution is -0.870. The van der Waals surface area contributed by atoms with E-state index in [0.717, 1.165) is 38.5 Å². The molecule has 8 nitrogen and oxygen atoms in total. The quantitative estimate of drug-likeness (QED) is 0.0243. The number of amides is 1. The van der Waals surface area contributed by atoms with Crippen LogP contribution in [0.15, 0.2) is 24.3 Å². The molecular formula is C63H126N2O6P+. The summed E-state index contributed by atoms with van der Waals surface area (Å²) in [5.74, 6) is -0.180. The summed E-state index contributed by atoms with van der Waals surface area (Å²) in [6.07, 6.45) is 70.4. The number of unbranched alkanes of at least 4 members (excludes halogenated alkanes) is 44. The molecule has 0 bridgehead atoms. The first-order chi connectivity index (χ1) is 35.0. The van der Waals surface area contributed by atoms with Crippen molar-refractivity contribution < 1.29 is 32.9 Å². The molecular weight excluding hydrogens is 912 g/mol. The van der Waals surface area contributed by atoms with Gasteiger partial charge in [-0.3, -0.25) is 13.8 Å². The fraction of sp³-hybridized carbons (Fsp3) is 0.921. The molecule has 0 saturated heterocycles. The van der Waals surface area contributed by atoms with Crippen molar-refractivity contribution in [2.75, 3.05) is 40.9 Å². The van der Waals surface area contributed by atoms with E-state index in [-0.39, 0.29) is 19.1 Å². The van der Waals surface area contributed by atoms with Gasteiger partial charge in [-0.1, -0.05) is 308 Å². The minimum absolute atomic E-state index is 0.0587. The van der Waals surface area contributed by atoms with Crippen LogP contribution < -0.4 is 5.32 Å². The van der Waals surface area contributed by atoms with Crippen LogP contribution in [0.5, 0.6) is 0 Å². The highest BCUT2D eigenvalue weighted by Gasteiger charge is 2.27. The van der Waals surface area contributed by atoms with Gasteiger partial charge in [-0.25, -0.2) is 4.57 Å². The molecule has 1 amide bonds. The van der Waals surface area contributed by atoms with Crippen molar-refractivity contribution in [3.63, 3.8) is 0 Å². The van der Waals surface area contributed by atoms with Gasteiger partial charge in [0.2, 0.25) is 5.91 Å². The van der Waals surface area contributed by atoms with Crippen LogP contribution in [0.25, 0.3) is 0 Å². The van der Waals surface area contributed by atoms with Crippen molar-refractivity contribution in [2.24, 2.45) is 0 Å². The molecule has 0 radical (unpaired) electrons. The van der Waals surface area contributed by atoms with Gasteiger partial charge in [-0.05, 0) is 32.1 Å². The van der Waals surface area contributed by atoms with E-state index in [0.29, 0.717) is 17.4 Å².